The molecule has 0 fully saturated rings. The van der Waals surface area contributed by atoms with Crippen LogP contribution in [-0.2, 0) is 0 Å². The van der Waals surface area contributed by atoms with Crippen molar-refractivity contribution in [3.8, 4) is 56.7 Å². The molecule has 0 aliphatic rings. The van der Waals surface area contributed by atoms with Gasteiger partial charge in [-0.2, -0.15) is 0 Å². The molecule has 0 unspecified atom stereocenters. The van der Waals surface area contributed by atoms with E-state index in [1.54, 1.807) is 0 Å². The van der Waals surface area contributed by atoms with Crippen molar-refractivity contribution in [1.82, 2.24) is 24.1 Å². The fraction of sp³-hybridized carbons (Fsp3) is 0. The molecule has 0 radical (unpaired) electrons. The molecule has 3 aromatic heterocycles. The van der Waals surface area contributed by atoms with Crippen LogP contribution in [0.4, 0.5) is 0 Å². The Labute approximate surface area is 323 Å². The van der Waals surface area contributed by atoms with Crippen molar-refractivity contribution in [1.29, 1.82) is 0 Å². The van der Waals surface area contributed by atoms with Crippen molar-refractivity contribution in [2.45, 2.75) is 0 Å². The lowest BCUT2D eigenvalue weighted by atomic mass is 10.0. The largest absolute Gasteiger partial charge is 0.309 e. The zero-order valence-electron chi connectivity index (χ0n) is 30.3. The van der Waals surface area contributed by atoms with Crippen LogP contribution in [0.1, 0.15) is 0 Å². The summed E-state index contributed by atoms with van der Waals surface area (Å²) in [5.74, 6) is 1.85. The third kappa shape index (κ3) is 5.29. The third-order valence-electron chi connectivity index (χ3n) is 10.8. The van der Waals surface area contributed by atoms with Gasteiger partial charge in [0.25, 0.3) is 0 Å². The van der Waals surface area contributed by atoms with Crippen molar-refractivity contribution in [2.24, 2.45) is 0 Å². The number of para-hydroxylation sites is 4. The molecule has 11 rings (SSSR count). The molecular formula is C51H33N5. The molecule has 0 aliphatic heterocycles. The fourth-order valence-corrected chi connectivity index (χ4v) is 8.18. The summed E-state index contributed by atoms with van der Waals surface area (Å²) < 4.78 is 4.74. The highest BCUT2D eigenvalue weighted by Gasteiger charge is 2.19. The molecule has 0 atom stereocenters. The van der Waals surface area contributed by atoms with Crippen LogP contribution >= 0.6 is 0 Å². The Morgan fingerprint density at radius 2 is 0.554 bits per heavy atom. The SMILES string of the molecule is c1ccc(-c2ccc(-c3nc(-c4ccccc4)nc(-c4cc(-n5c6ccccc6c6ccccc65)cc(-n5c6ccccc6c6ccccc65)c4)n3)cc2)cc1. The summed E-state index contributed by atoms with van der Waals surface area (Å²) in [6.45, 7) is 0. The minimum Gasteiger partial charge on any atom is -0.309 e. The summed E-state index contributed by atoms with van der Waals surface area (Å²) in [4.78, 5) is 15.6. The van der Waals surface area contributed by atoms with Crippen LogP contribution in [0.2, 0.25) is 0 Å². The average molecular weight is 716 g/mol. The Hall–Kier alpha value is -7.63. The van der Waals surface area contributed by atoms with Gasteiger partial charge in [-0.3, -0.25) is 0 Å². The minimum atomic E-state index is 0.602. The van der Waals surface area contributed by atoms with Gasteiger partial charge in [-0.1, -0.05) is 158 Å². The summed E-state index contributed by atoms with van der Waals surface area (Å²) in [7, 11) is 0. The van der Waals surface area contributed by atoms with Crippen LogP contribution in [0.5, 0.6) is 0 Å². The summed E-state index contributed by atoms with van der Waals surface area (Å²) >= 11 is 0. The first-order chi connectivity index (χ1) is 27.8. The first kappa shape index (κ1) is 31.9. The maximum atomic E-state index is 5.26. The van der Waals surface area contributed by atoms with Gasteiger partial charge in [-0.25, -0.2) is 15.0 Å². The number of hydrogen-bond acceptors (Lipinski definition) is 3. The van der Waals surface area contributed by atoms with Crippen LogP contribution in [0.15, 0.2) is 200 Å². The fourth-order valence-electron chi connectivity index (χ4n) is 8.18. The highest BCUT2D eigenvalue weighted by atomic mass is 15.0. The van der Waals surface area contributed by atoms with Crippen LogP contribution in [-0.4, -0.2) is 24.1 Å². The Morgan fingerprint density at radius 1 is 0.250 bits per heavy atom. The number of hydrogen-bond donors (Lipinski definition) is 0. The Bertz CT molecular complexity index is 2990. The van der Waals surface area contributed by atoms with Gasteiger partial charge in [0.2, 0.25) is 0 Å². The second kappa shape index (κ2) is 13.0. The maximum Gasteiger partial charge on any atom is 0.164 e. The molecule has 8 aromatic carbocycles. The zero-order chi connectivity index (χ0) is 37.0. The van der Waals surface area contributed by atoms with Gasteiger partial charge in [0, 0.05) is 49.6 Å². The van der Waals surface area contributed by atoms with E-state index in [-0.39, 0.29) is 0 Å². The summed E-state index contributed by atoms with van der Waals surface area (Å²) in [6.07, 6.45) is 0. The molecule has 5 heteroatoms. The predicted octanol–water partition coefficient (Wildman–Crippen LogP) is 12.7. The smallest absolute Gasteiger partial charge is 0.164 e. The van der Waals surface area contributed by atoms with E-state index in [9.17, 15) is 0 Å². The molecule has 0 spiro atoms. The summed E-state index contributed by atoms with van der Waals surface area (Å²) in [6, 6.07) is 70.4. The first-order valence-corrected chi connectivity index (χ1v) is 18.9. The molecule has 0 saturated carbocycles. The third-order valence-corrected chi connectivity index (χ3v) is 10.8. The molecule has 5 nitrogen and oxygen atoms in total. The molecular weight excluding hydrogens is 683 g/mol. The van der Waals surface area contributed by atoms with Crippen LogP contribution in [0.3, 0.4) is 0 Å². The van der Waals surface area contributed by atoms with Crippen molar-refractivity contribution < 1.29 is 0 Å². The lowest BCUT2D eigenvalue weighted by Crippen LogP contribution is -2.03. The number of rotatable bonds is 6. The van der Waals surface area contributed by atoms with Crippen molar-refractivity contribution in [3.05, 3.63) is 200 Å². The van der Waals surface area contributed by atoms with Gasteiger partial charge in [0.1, 0.15) is 0 Å². The van der Waals surface area contributed by atoms with E-state index < -0.39 is 0 Å². The Balaban J connectivity index is 1.19. The molecule has 0 N–H and O–H groups in total. The van der Waals surface area contributed by atoms with Crippen LogP contribution < -0.4 is 0 Å². The normalized spacial score (nSPS) is 11.6. The van der Waals surface area contributed by atoms with Gasteiger partial charge in [0.15, 0.2) is 17.5 Å². The van der Waals surface area contributed by atoms with E-state index in [1.165, 1.54) is 27.1 Å². The summed E-state index contributed by atoms with van der Waals surface area (Å²) in [5, 5.41) is 4.83. The first-order valence-electron chi connectivity index (χ1n) is 18.9. The molecule has 3 heterocycles. The van der Waals surface area contributed by atoms with E-state index >= 15 is 0 Å². The van der Waals surface area contributed by atoms with Crippen molar-refractivity contribution in [3.63, 3.8) is 0 Å². The van der Waals surface area contributed by atoms with Crippen molar-refractivity contribution >= 4 is 43.6 Å². The van der Waals surface area contributed by atoms with E-state index in [1.807, 2.05) is 24.3 Å². The zero-order valence-corrected chi connectivity index (χ0v) is 30.3. The molecule has 0 saturated heterocycles. The van der Waals surface area contributed by atoms with Gasteiger partial charge in [0.05, 0.1) is 22.1 Å². The monoisotopic (exact) mass is 715 g/mol. The molecule has 11 aromatic rings. The van der Waals surface area contributed by atoms with E-state index in [2.05, 4.69) is 185 Å². The molecule has 262 valence electrons. The molecule has 0 aliphatic carbocycles. The lowest BCUT2D eigenvalue weighted by Gasteiger charge is -2.16. The number of fused-ring (bicyclic) bond motifs is 6. The quantitative estimate of drug-likeness (QED) is 0.172. The molecule has 56 heavy (non-hydrogen) atoms. The summed E-state index contributed by atoms with van der Waals surface area (Å²) in [5.41, 5.74) is 11.6. The standard InChI is InChI=1S/C51H33N5/c1-3-15-34(16-4-1)35-27-29-37(30-28-35)50-52-49(36-17-5-2-6-18-36)53-51(54-50)38-31-39(55-45-23-11-7-19-41(45)42-20-8-12-24-46(42)55)33-40(32-38)56-47-25-13-9-21-43(47)44-22-10-14-26-48(44)56/h1-33H. The van der Waals surface area contributed by atoms with Gasteiger partial charge in [-0.15, -0.1) is 0 Å². The second-order valence-electron chi connectivity index (χ2n) is 14.1. The topological polar surface area (TPSA) is 48.5 Å². The second-order valence-corrected chi connectivity index (χ2v) is 14.1. The Kier molecular flexibility index (Phi) is 7.42. The van der Waals surface area contributed by atoms with E-state index in [0.29, 0.717) is 17.5 Å². The van der Waals surface area contributed by atoms with Crippen LogP contribution in [0, 0.1) is 0 Å². The van der Waals surface area contributed by atoms with Gasteiger partial charge >= 0.3 is 0 Å². The number of benzene rings is 8. The lowest BCUT2D eigenvalue weighted by molar-refractivity contribution is 1.07. The maximum absolute atomic E-state index is 5.26. The minimum absolute atomic E-state index is 0.602. The van der Waals surface area contributed by atoms with Crippen molar-refractivity contribution in [2.75, 3.05) is 0 Å². The average Bonchev–Trinajstić information content (AvgIpc) is 3.80. The van der Waals surface area contributed by atoms with E-state index in [4.69, 9.17) is 15.0 Å². The van der Waals surface area contributed by atoms with E-state index in [0.717, 1.165) is 55.7 Å². The van der Waals surface area contributed by atoms with Gasteiger partial charge in [-0.05, 0) is 53.6 Å². The van der Waals surface area contributed by atoms with Crippen LogP contribution in [0.25, 0.3) is 100 Å². The molecule has 0 amide bonds. The Morgan fingerprint density at radius 3 is 0.982 bits per heavy atom. The molecule has 0 bridgehead atoms. The number of aromatic nitrogens is 5. The van der Waals surface area contributed by atoms with Gasteiger partial charge < -0.3 is 9.13 Å². The number of nitrogens with zero attached hydrogens (tertiary/aromatic N) is 5. The highest BCUT2D eigenvalue weighted by molar-refractivity contribution is 6.10. The highest BCUT2D eigenvalue weighted by Crippen LogP contribution is 2.38. The predicted molar refractivity (Wildman–Crippen MR) is 230 cm³/mol.